The first kappa shape index (κ1) is 17.8. The van der Waals surface area contributed by atoms with Gasteiger partial charge in [0.05, 0.1) is 6.54 Å². The summed E-state index contributed by atoms with van der Waals surface area (Å²) in [5.41, 5.74) is 1.76. The van der Waals surface area contributed by atoms with Gasteiger partial charge in [-0.2, -0.15) is 0 Å². The Morgan fingerprint density at radius 2 is 1.76 bits per heavy atom. The number of hydrogen-bond donors (Lipinski definition) is 2. The number of urea groups is 1. The summed E-state index contributed by atoms with van der Waals surface area (Å²) in [6, 6.07) is 8.29. The molecule has 1 aromatic rings. The third-order valence-electron chi connectivity index (χ3n) is 5.40. The van der Waals surface area contributed by atoms with Crippen molar-refractivity contribution in [2.75, 3.05) is 18.0 Å². The molecular formula is C20H29N3O2. The second-order valence-corrected chi connectivity index (χ2v) is 7.35. The van der Waals surface area contributed by atoms with Crippen molar-refractivity contribution in [1.29, 1.82) is 0 Å². The van der Waals surface area contributed by atoms with E-state index in [0.29, 0.717) is 13.0 Å². The second kappa shape index (κ2) is 7.89. The molecule has 2 N–H and O–H groups in total. The Morgan fingerprint density at radius 3 is 2.44 bits per heavy atom. The molecule has 5 nitrogen and oxygen atoms in total. The SMILES string of the molecule is CCCCCCCCc1ccc(N2CCC3(C2)NC(=O)NC3=O)cc1. The first-order valence-corrected chi connectivity index (χ1v) is 9.60. The maximum Gasteiger partial charge on any atom is 0.322 e. The highest BCUT2D eigenvalue weighted by Crippen LogP contribution is 2.29. The van der Waals surface area contributed by atoms with E-state index in [-0.39, 0.29) is 11.9 Å². The molecule has 2 aliphatic heterocycles. The van der Waals surface area contributed by atoms with Gasteiger partial charge in [0.2, 0.25) is 0 Å². The van der Waals surface area contributed by atoms with Crippen LogP contribution in [0.4, 0.5) is 10.5 Å². The molecule has 0 saturated carbocycles. The van der Waals surface area contributed by atoms with Gasteiger partial charge >= 0.3 is 6.03 Å². The second-order valence-electron chi connectivity index (χ2n) is 7.35. The molecule has 0 bridgehead atoms. The zero-order valence-corrected chi connectivity index (χ0v) is 15.1. The quantitative estimate of drug-likeness (QED) is 0.562. The number of nitrogens with zero attached hydrogens (tertiary/aromatic N) is 1. The molecule has 1 aromatic carbocycles. The Balaban J connectivity index is 1.48. The van der Waals surface area contributed by atoms with Gasteiger partial charge in [-0.1, -0.05) is 51.2 Å². The summed E-state index contributed by atoms with van der Waals surface area (Å²) in [6.07, 6.45) is 9.70. The van der Waals surface area contributed by atoms with Crippen molar-refractivity contribution in [3.8, 4) is 0 Å². The molecule has 1 atom stereocenters. The summed E-state index contributed by atoms with van der Waals surface area (Å²) < 4.78 is 0. The highest BCUT2D eigenvalue weighted by Gasteiger charge is 2.50. The van der Waals surface area contributed by atoms with Gasteiger partial charge in [-0.05, 0) is 37.0 Å². The maximum atomic E-state index is 12.0. The van der Waals surface area contributed by atoms with Crippen LogP contribution in [0.1, 0.15) is 57.4 Å². The van der Waals surface area contributed by atoms with Gasteiger partial charge in [0.1, 0.15) is 5.54 Å². The average Bonchev–Trinajstić information content (AvgIpc) is 3.15. The molecule has 1 unspecified atom stereocenters. The van der Waals surface area contributed by atoms with Gasteiger partial charge in [-0.3, -0.25) is 10.1 Å². The third-order valence-corrected chi connectivity index (χ3v) is 5.40. The number of nitrogens with one attached hydrogen (secondary N) is 2. The molecule has 2 saturated heterocycles. The summed E-state index contributed by atoms with van der Waals surface area (Å²) in [5.74, 6) is -0.195. The van der Waals surface area contributed by atoms with Gasteiger partial charge in [-0.15, -0.1) is 0 Å². The molecule has 2 aliphatic rings. The van der Waals surface area contributed by atoms with E-state index in [1.54, 1.807) is 0 Å². The van der Waals surface area contributed by atoms with Crippen molar-refractivity contribution in [2.24, 2.45) is 0 Å². The number of amides is 3. The summed E-state index contributed by atoms with van der Waals surface area (Å²) in [6.45, 7) is 3.57. The summed E-state index contributed by atoms with van der Waals surface area (Å²) in [5, 5.41) is 5.15. The topological polar surface area (TPSA) is 61.4 Å². The largest absolute Gasteiger partial charge is 0.369 e. The fraction of sp³-hybridized carbons (Fsp3) is 0.600. The van der Waals surface area contributed by atoms with Crippen LogP contribution in [-0.4, -0.2) is 30.6 Å². The average molecular weight is 343 g/mol. The number of imide groups is 1. The minimum absolute atomic E-state index is 0.195. The normalized spacial score (nSPS) is 22.5. The number of hydrogen-bond acceptors (Lipinski definition) is 3. The predicted octanol–water partition coefficient (Wildman–Crippen LogP) is 3.38. The van der Waals surface area contributed by atoms with E-state index < -0.39 is 5.54 Å². The molecule has 2 fully saturated rings. The van der Waals surface area contributed by atoms with Gasteiger partial charge in [-0.25, -0.2) is 4.79 Å². The van der Waals surface area contributed by atoms with Gasteiger partial charge in [0, 0.05) is 12.2 Å². The number of aryl methyl sites for hydroxylation is 1. The molecule has 2 heterocycles. The van der Waals surface area contributed by atoms with Crippen LogP contribution in [0, 0.1) is 0 Å². The van der Waals surface area contributed by atoms with E-state index in [9.17, 15) is 9.59 Å². The molecule has 25 heavy (non-hydrogen) atoms. The first-order valence-electron chi connectivity index (χ1n) is 9.60. The van der Waals surface area contributed by atoms with Crippen LogP contribution in [-0.2, 0) is 11.2 Å². The molecule has 136 valence electrons. The minimum atomic E-state index is -0.742. The van der Waals surface area contributed by atoms with Crippen molar-refractivity contribution in [2.45, 2.75) is 63.8 Å². The lowest BCUT2D eigenvalue weighted by atomic mass is 9.99. The van der Waals surface area contributed by atoms with Gasteiger partial charge in [0.25, 0.3) is 5.91 Å². The summed E-state index contributed by atoms with van der Waals surface area (Å²) in [7, 11) is 0. The van der Waals surface area contributed by atoms with Crippen LogP contribution in [0.5, 0.6) is 0 Å². The molecule has 0 radical (unpaired) electrons. The standard InChI is InChI=1S/C20H29N3O2/c1-2-3-4-5-6-7-8-16-9-11-17(12-10-16)23-14-13-20(15-23)18(24)21-19(25)22-20/h9-12H,2-8,13-15H2,1H3,(H2,21,22,24,25). The van der Waals surface area contributed by atoms with Crippen LogP contribution >= 0.6 is 0 Å². The molecule has 3 amide bonds. The van der Waals surface area contributed by atoms with Crippen LogP contribution in [0.2, 0.25) is 0 Å². The highest BCUT2D eigenvalue weighted by atomic mass is 16.2. The van der Waals surface area contributed by atoms with Crippen molar-refractivity contribution in [3.63, 3.8) is 0 Å². The van der Waals surface area contributed by atoms with Gasteiger partial charge in [0.15, 0.2) is 0 Å². The van der Waals surface area contributed by atoms with E-state index in [1.165, 1.54) is 44.1 Å². The van der Waals surface area contributed by atoms with E-state index in [2.05, 4.69) is 46.7 Å². The van der Waals surface area contributed by atoms with Gasteiger partial charge < -0.3 is 10.2 Å². The van der Waals surface area contributed by atoms with E-state index >= 15 is 0 Å². The van der Waals surface area contributed by atoms with Crippen LogP contribution in [0.25, 0.3) is 0 Å². The number of anilines is 1. The monoisotopic (exact) mass is 343 g/mol. The summed E-state index contributed by atoms with van der Waals surface area (Å²) in [4.78, 5) is 25.6. The predicted molar refractivity (Wildman–Crippen MR) is 99.8 cm³/mol. The molecule has 3 rings (SSSR count). The molecule has 5 heteroatoms. The van der Waals surface area contributed by atoms with Crippen molar-refractivity contribution >= 4 is 17.6 Å². The number of carbonyl (C=O) groups excluding carboxylic acids is 2. The molecule has 0 aliphatic carbocycles. The van der Waals surface area contributed by atoms with Crippen LogP contribution < -0.4 is 15.5 Å². The summed E-state index contributed by atoms with van der Waals surface area (Å²) >= 11 is 0. The lowest BCUT2D eigenvalue weighted by Crippen LogP contribution is -2.49. The van der Waals surface area contributed by atoms with Crippen molar-refractivity contribution in [3.05, 3.63) is 29.8 Å². The Labute approximate surface area is 150 Å². The number of benzene rings is 1. The van der Waals surface area contributed by atoms with E-state index in [0.717, 1.165) is 18.7 Å². The van der Waals surface area contributed by atoms with E-state index in [4.69, 9.17) is 0 Å². The minimum Gasteiger partial charge on any atom is -0.369 e. The van der Waals surface area contributed by atoms with Crippen molar-refractivity contribution in [1.82, 2.24) is 10.6 Å². The smallest absolute Gasteiger partial charge is 0.322 e. The van der Waals surface area contributed by atoms with Crippen LogP contribution in [0.3, 0.4) is 0 Å². The lowest BCUT2D eigenvalue weighted by Gasteiger charge is -2.22. The lowest BCUT2D eigenvalue weighted by molar-refractivity contribution is -0.123. The molecular weight excluding hydrogens is 314 g/mol. The Kier molecular flexibility index (Phi) is 5.61. The first-order chi connectivity index (χ1) is 12.1. The zero-order valence-electron chi connectivity index (χ0n) is 15.1. The fourth-order valence-electron chi connectivity index (χ4n) is 3.83. The van der Waals surface area contributed by atoms with Crippen LogP contribution in [0.15, 0.2) is 24.3 Å². The third kappa shape index (κ3) is 4.14. The maximum absolute atomic E-state index is 12.0. The Morgan fingerprint density at radius 1 is 1.04 bits per heavy atom. The molecule has 0 aromatic heterocycles. The zero-order chi connectivity index (χ0) is 17.7. The highest BCUT2D eigenvalue weighted by molar-refractivity contribution is 6.07. The van der Waals surface area contributed by atoms with E-state index in [1.807, 2.05) is 0 Å². The Bertz CT molecular complexity index is 614. The number of rotatable bonds is 8. The fourth-order valence-corrected chi connectivity index (χ4v) is 3.83. The number of unbranched alkanes of at least 4 members (excludes halogenated alkanes) is 5. The number of carbonyl (C=O) groups is 2. The van der Waals surface area contributed by atoms with Crippen molar-refractivity contribution < 1.29 is 9.59 Å². The molecule has 1 spiro atoms. The Hall–Kier alpha value is -2.04.